The minimum atomic E-state index is 0.335. The molecule has 0 aliphatic carbocycles. The number of nitrogens with zero attached hydrogens (tertiary/aromatic N) is 2. The highest BCUT2D eigenvalue weighted by atomic mass is 35.5. The quantitative estimate of drug-likeness (QED) is 0.841. The van der Waals surface area contributed by atoms with Crippen molar-refractivity contribution in [2.75, 3.05) is 12.4 Å². The van der Waals surface area contributed by atoms with Crippen molar-refractivity contribution in [1.82, 2.24) is 9.97 Å². The summed E-state index contributed by atoms with van der Waals surface area (Å²) < 4.78 is 5.03. The third kappa shape index (κ3) is 3.92. The summed E-state index contributed by atoms with van der Waals surface area (Å²) in [6, 6.07) is 9.94. The second kappa shape index (κ2) is 6.68. The van der Waals surface area contributed by atoms with Crippen molar-refractivity contribution in [3.05, 3.63) is 46.9 Å². The maximum Gasteiger partial charge on any atom is 0.158 e. The number of hydrogen-bond donors (Lipinski definition) is 1. The molecule has 0 radical (unpaired) electrons. The fourth-order valence-corrected chi connectivity index (χ4v) is 2.05. The monoisotopic (exact) mass is 291 g/mol. The molecule has 0 spiro atoms. The lowest BCUT2D eigenvalue weighted by Gasteiger charge is -2.11. The number of aromatic nitrogens is 2. The lowest BCUT2D eigenvalue weighted by molar-refractivity contribution is 0.178. The maximum absolute atomic E-state index is 5.99. The second-order valence-corrected chi connectivity index (χ2v) is 5.22. The van der Waals surface area contributed by atoms with Crippen LogP contribution in [0.4, 0.5) is 11.5 Å². The number of methoxy groups -OCH3 is 1. The number of nitrogens with one attached hydrogen (secondary N) is 1. The predicted octanol–water partition coefficient (Wildman–Crippen LogP) is 4.14. The van der Waals surface area contributed by atoms with E-state index in [2.05, 4.69) is 41.3 Å². The van der Waals surface area contributed by atoms with Gasteiger partial charge in [0.05, 0.1) is 0 Å². The summed E-state index contributed by atoms with van der Waals surface area (Å²) in [5.74, 6) is 1.70. The van der Waals surface area contributed by atoms with Crippen LogP contribution in [0.1, 0.15) is 31.2 Å². The van der Waals surface area contributed by atoms with Crippen molar-refractivity contribution < 1.29 is 4.74 Å². The van der Waals surface area contributed by atoms with Crippen LogP contribution in [0.25, 0.3) is 0 Å². The largest absolute Gasteiger partial charge is 0.377 e. The zero-order valence-corrected chi connectivity index (χ0v) is 12.6. The molecule has 0 fully saturated rings. The lowest BCUT2D eigenvalue weighted by atomic mass is 10.0. The molecule has 0 amide bonds. The number of benzene rings is 1. The van der Waals surface area contributed by atoms with Crippen molar-refractivity contribution in [1.29, 1.82) is 0 Å². The lowest BCUT2D eigenvalue weighted by Crippen LogP contribution is -2.02. The van der Waals surface area contributed by atoms with Crippen LogP contribution in [-0.4, -0.2) is 17.1 Å². The summed E-state index contributed by atoms with van der Waals surface area (Å²) in [6.45, 7) is 4.66. The van der Waals surface area contributed by atoms with E-state index in [-0.39, 0.29) is 0 Å². The Kier molecular flexibility index (Phi) is 4.93. The van der Waals surface area contributed by atoms with Gasteiger partial charge in [0.2, 0.25) is 0 Å². The number of anilines is 2. The normalized spacial score (nSPS) is 10.8. The summed E-state index contributed by atoms with van der Waals surface area (Å²) in [5.41, 5.74) is 2.25. The molecule has 106 valence electrons. The highest BCUT2D eigenvalue weighted by Crippen LogP contribution is 2.22. The van der Waals surface area contributed by atoms with E-state index in [1.165, 1.54) is 5.56 Å². The molecule has 0 unspecified atom stereocenters. The third-order valence-corrected chi connectivity index (χ3v) is 3.03. The molecule has 1 aromatic heterocycles. The average molecular weight is 292 g/mol. The fourth-order valence-electron chi connectivity index (χ4n) is 1.85. The second-order valence-electron chi connectivity index (χ2n) is 4.83. The molecule has 0 aliphatic heterocycles. The standard InChI is InChI=1S/C15H18ClN3O/c1-10(2)11-5-4-6-12(7-11)17-14-8-13(16)18-15(19-14)9-20-3/h4-8,10H,9H2,1-3H3,(H,17,18,19). The number of rotatable bonds is 5. The van der Waals surface area contributed by atoms with Crippen LogP contribution in [0.15, 0.2) is 30.3 Å². The van der Waals surface area contributed by atoms with Gasteiger partial charge in [-0.05, 0) is 23.6 Å². The van der Waals surface area contributed by atoms with Gasteiger partial charge in [0.1, 0.15) is 17.6 Å². The van der Waals surface area contributed by atoms with Crippen molar-refractivity contribution in [2.45, 2.75) is 26.4 Å². The van der Waals surface area contributed by atoms with E-state index in [1.54, 1.807) is 13.2 Å². The highest BCUT2D eigenvalue weighted by molar-refractivity contribution is 6.29. The van der Waals surface area contributed by atoms with E-state index in [1.807, 2.05) is 12.1 Å². The van der Waals surface area contributed by atoms with Crippen LogP contribution in [0.2, 0.25) is 5.15 Å². The molecule has 0 bridgehead atoms. The molecule has 4 nitrogen and oxygen atoms in total. The van der Waals surface area contributed by atoms with E-state index in [0.29, 0.717) is 29.3 Å². The van der Waals surface area contributed by atoms with Crippen LogP contribution < -0.4 is 5.32 Å². The van der Waals surface area contributed by atoms with Gasteiger partial charge < -0.3 is 10.1 Å². The molecule has 0 saturated heterocycles. The first-order valence-corrected chi connectivity index (χ1v) is 6.85. The molecule has 2 aromatic rings. The minimum absolute atomic E-state index is 0.335. The van der Waals surface area contributed by atoms with Gasteiger partial charge in [-0.1, -0.05) is 37.6 Å². The van der Waals surface area contributed by atoms with Gasteiger partial charge in [-0.25, -0.2) is 9.97 Å². The molecular formula is C15H18ClN3O. The Balaban J connectivity index is 2.23. The Labute approximate surface area is 124 Å². The Morgan fingerprint density at radius 3 is 2.75 bits per heavy atom. The molecule has 1 aromatic carbocycles. The zero-order chi connectivity index (χ0) is 14.5. The third-order valence-electron chi connectivity index (χ3n) is 2.84. The smallest absolute Gasteiger partial charge is 0.158 e. The molecule has 5 heteroatoms. The van der Waals surface area contributed by atoms with Crippen molar-refractivity contribution in [2.24, 2.45) is 0 Å². The van der Waals surface area contributed by atoms with Gasteiger partial charge in [0, 0.05) is 18.9 Å². The van der Waals surface area contributed by atoms with Crippen LogP contribution in [0.3, 0.4) is 0 Å². The molecule has 20 heavy (non-hydrogen) atoms. The van der Waals surface area contributed by atoms with Crippen LogP contribution in [0, 0.1) is 0 Å². The minimum Gasteiger partial charge on any atom is -0.377 e. The summed E-state index contributed by atoms with van der Waals surface area (Å²) in [7, 11) is 1.60. The predicted molar refractivity (Wildman–Crippen MR) is 81.6 cm³/mol. The van der Waals surface area contributed by atoms with Gasteiger partial charge in [-0.3, -0.25) is 0 Å². The first kappa shape index (κ1) is 14.8. The SMILES string of the molecule is COCc1nc(Cl)cc(Nc2cccc(C(C)C)c2)n1. The highest BCUT2D eigenvalue weighted by Gasteiger charge is 2.05. The molecule has 1 heterocycles. The zero-order valence-electron chi connectivity index (χ0n) is 11.9. The van der Waals surface area contributed by atoms with E-state index in [0.717, 1.165) is 5.69 Å². The Hall–Kier alpha value is -1.65. The number of ether oxygens (including phenoxy) is 1. The first-order valence-electron chi connectivity index (χ1n) is 6.48. The van der Waals surface area contributed by atoms with Gasteiger partial charge in [0.15, 0.2) is 5.82 Å². The fraction of sp³-hybridized carbons (Fsp3) is 0.333. The van der Waals surface area contributed by atoms with E-state index in [4.69, 9.17) is 16.3 Å². The first-order chi connectivity index (χ1) is 9.58. The van der Waals surface area contributed by atoms with Crippen LogP contribution >= 0.6 is 11.6 Å². The Bertz CT molecular complexity index is 587. The topological polar surface area (TPSA) is 47.0 Å². The van der Waals surface area contributed by atoms with Gasteiger partial charge >= 0.3 is 0 Å². The molecular weight excluding hydrogens is 274 g/mol. The van der Waals surface area contributed by atoms with Gasteiger partial charge in [0.25, 0.3) is 0 Å². The molecule has 0 atom stereocenters. The van der Waals surface area contributed by atoms with Crippen molar-refractivity contribution in [3.63, 3.8) is 0 Å². The Morgan fingerprint density at radius 2 is 2.05 bits per heavy atom. The molecule has 2 rings (SSSR count). The van der Waals surface area contributed by atoms with Gasteiger partial charge in [-0.15, -0.1) is 0 Å². The summed E-state index contributed by atoms with van der Waals surface area (Å²) in [4.78, 5) is 8.46. The molecule has 0 aliphatic rings. The van der Waals surface area contributed by atoms with E-state index >= 15 is 0 Å². The van der Waals surface area contributed by atoms with Crippen LogP contribution in [0.5, 0.6) is 0 Å². The number of halogens is 1. The Morgan fingerprint density at radius 1 is 1.25 bits per heavy atom. The van der Waals surface area contributed by atoms with Crippen molar-refractivity contribution >= 4 is 23.1 Å². The van der Waals surface area contributed by atoms with Crippen LogP contribution in [-0.2, 0) is 11.3 Å². The van der Waals surface area contributed by atoms with E-state index < -0.39 is 0 Å². The average Bonchev–Trinajstić information content (AvgIpc) is 2.38. The maximum atomic E-state index is 5.99. The van der Waals surface area contributed by atoms with E-state index in [9.17, 15) is 0 Å². The summed E-state index contributed by atoms with van der Waals surface area (Å²) >= 11 is 5.99. The summed E-state index contributed by atoms with van der Waals surface area (Å²) in [5, 5.41) is 3.65. The van der Waals surface area contributed by atoms with Crippen molar-refractivity contribution in [3.8, 4) is 0 Å². The molecule has 1 N–H and O–H groups in total. The molecule has 0 saturated carbocycles. The van der Waals surface area contributed by atoms with Gasteiger partial charge in [-0.2, -0.15) is 0 Å². The number of hydrogen-bond acceptors (Lipinski definition) is 4. The summed E-state index contributed by atoms with van der Waals surface area (Å²) in [6.07, 6.45) is 0.